The molecular formula is C19H20IN3O4S2. The standard InChI is InChI=1S/C19H20IN3O4S2/c1-12-2-3-13(10-16(12)20)19(25)22-14-4-6-15(7-5-14)29(26,27)23-8-9-28-11-17(23)18(21)24/h2-7,10,17H,8-9,11H2,1H3,(H2,21,24)(H,22,25)/t17-/m0/s1. The molecular weight excluding hydrogens is 525 g/mol. The molecule has 10 heteroatoms. The van der Waals surface area contributed by atoms with Gasteiger partial charge in [0.15, 0.2) is 0 Å². The van der Waals surface area contributed by atoms with E-state index in [-0.39, 0.29) is 17.3 Å². The fourth-order valence-corrected chi connectivity index (χ4v) is 6.26. The smallest absolute Gasteiger partial charge is 0.255 e. The van der Waals surface area contributed by atoms with Crippen LogP contribution in [0.1, 0.15) is 15.9 Å². The van der Waals surface area contributed by atoms with Crippen molar-refractivity contribution in [3.05, 3.63) is 57.2 Å². The second kappa shape index (κ2) is 9.02. The number of nitrogens with two attached hydrogens (primary N) is 1. The predicted molar refractivity (Wildman–Crippen MR) is 122 cm³/mol. The van der Waals surface area contributed by atoms with E-state index in [1.807, 2.05) is 13.0 Å². The third-order valence-electron chi connectivity index (χ3n) is 4.56. The van der Waals surface area contributed by atoms with E-state index in [1.165, 1.54) is 36.0 Å². The van der Waals surface area contributed by atoms with E-state index in [0.29, 0.717) is 22.8 Å². The molecule has 1 atom stereocenters. The Hall–Kier alpha value is -1.63. The lowest BCUT2D eigenvalue weighted by Gasteiger charge is -2.32. The van der Waals surface area contributed by atoms with E-state index >= 15 is 0 Å². The van der Waals surface area contributed by atoms with Gasteiger partial charge in [0.25, 0.3) is 5.91 Å². The molecule has 2 aromatic rings. The van der Waals surface area contributed by atoms with Crippen LogP contribution in [0.4, 0.5) is 5.69 Å². The van der Waals surface area contributed by atoms with Gasteiger partial charge in [0.1, 0.15) is 6.04 Å². The summed E-state index contributed by atoms with van der Waals surface area (Å²) in [6, 6.07) is 10.4. The van der Waals surface area contributed by atoms with Crippen molar-refractivity contribution in [2.75, 3.05) is 23.4 Å². The van der Waals surface area contributed by atoms with Crippen LogP contribution in [0.2, 0.25) is 0 Å². The van der Waals surface area contributed by atoms with Crippen molar-refractivity contribution in [1.29, 1.82) is 0 Å². The van der Waals surface area contributed by atoms with Gasteiger partial charge in [-0.05, 0) is 71.5 Å². The molecule has 0 unspecified atom stereocenters. The number of nitrogens with zero attached hydrogens (tertiary/aromatic N) is 1. The van der Waals surface area contributed by atoms with Gasteiger partial charge in [0.2, 0.25) is 15.9 Å². The molecule has 0 bridgehead atoms. The number of rotatable bonds is 5. The van der Waals surface area contributed by atoms with Gasteiger partial charge >= 0.3 is 0 Å². The molecule has 2 amide bonds. The van der Waals surface area contributed by atoms with Gasteiger partial charge in [0, 0.05) is 32.9 Å². The third kappa shape index (κ3) is 4.93. The minimum absolute atomic E-state index is 0.0542. The second-order valence-corrected chi connectivity index (χ2v) is 10.8. The van der Waals surface area contributed by atoms with E-state index < -0.39 is 22.0 Å². The first-order chi connectivity index (χ1) is 13.7. The minimum Gasteiger partial charge on any atom is -0.368 e. The molecule has 3 N–H and O–H groups in total. The van der Waals surface area contributed by atoms with Gasteiger partial charge < -0.3 is 11.1 Å². The number of thioether (sulfide) groups is 1. The summed E-state index contributed by atoms with van der Waals surface area (Å²) in [6.45, 7) is 2.19. The fraction of sp³-hybridized carbons (Fsp3) is 0.263. The Morgan fingerprint density at radius 3 is 2.52 bits per heavy atom. The summed E-state index contributed by atoms with van der Waals surface area (Å²) in [4.78, 5) is 24.1. The van der Waals surface area contributed by atoms with Gasteiger partial charge in [-0.2, -0.15) is 16.1 Å². The van der Waals surface area contributed by atoms with E-state index in [0.717, 1.165) is 13.4 Å². The van der Waals surface area contributed by atoms with Crippen LogP contribution in [0.5, 0.6) is 0 Å². The summed E-state index contributed by atoms with van der Waals surface area (Å²) in [7, 11) is -3.86. The topological polar surface area (TPSA) is 110 Å². The monoisotopic (exact) mass is 545 g/mol. The van der Waals surface area contributed by atoms with Crippen molar-refractivity contribution in [2.24, 2.45) is 5.73 Å². The Morgan fingerprint density at radius 1 is 1.21 bits per heavy atom. The maximum absolute atomic E-state index is 12.9. The van der Waals surface area contributed by atoms with Crippen LogP contribution in [-0.4, -0.2) is 48.6 Å². The third-order valence-corrected chi connectivity index (χ3v) is 8.67. The van der Waals surface area contributed by atoms with Crippen molar-refractivity contribution in [3.63, 3.8) is 0 Å². The Balaban J connectivity index is 1.77. The molecule has 0 aliphatic carbocycles. The number of carbonyl (C=O) groups is 2. The molecule has 1 aliphatic heterocycles. The largest absolute Gasteiger partial charge is 0.368 e. The van der Waals surface area contributed by atoms with Crippen molar-refractivity contribution >= 4 is 61.9 Å². The molecule has 1 heterocycles. The number of nitrogens with one attached hydrogen (secondary N) is 1. The second-order valence-electron chi connectivity index (χ2n) is 6.55. The summed E-state index contributed by atoms with van der Waals surface area (Å²) >= 11 is 3.67. The summed E-state index contributed by atoms with van der Waals surface area (Å²) < 4.78 is 28.0. The lowest BCUT2D eigenvalue weighted by molar-refractivity contribution is -0.121. The maximum atomic E-state index is 12.9. The molecule has 2 aromatic carbocycles. The molecule has 3 rings (SSSR count). The zero-order valence-corrected chi connectivity index (χ0v) is 19.4. The summed E-state index contributed by atoms with van der Waals surface area (Å²) in [6.07, 6.45) is 0. The Morgan fingerprint density at radius 2 is 1.90 bits per heavy atom. The van der Waals surface area contributed by atoms with Crippen LogP contribution in [-0.2, 0) is 14.8 Å². The Labute approximate surface area is 187 Å². The van der Waals surface area contributed by atoms with Crippen LogP contribution in [0.15, 0.2) is 47.4 Å². The molecule has 0 aromatic heterocycles. The lowest BCUT2D eigenvalue weighted by Crippen LogP contribution is -2.52. The van der Waals surface area contributed by atoms with Crippen LogP contribution < -0.4 is 11.1 Å². The molecule has 0 radical (unpaired) electrons. The highest BCUT2D eigenvalue weighted by atomic mass is 127. The summed E-state index contributed by atoms with van der Waals surface area (Å²) in [5.74, 6) is 0.0163. The van der Waals surface area contributed by atoms with Crippen molar-refractivity contribution in [1.82, 2.24) is 4.31 Å². The molecule has 1 aliphatic rings. The summed E-state index contributed by atoms with van der Waals surface area (Å²) in [5, 5.41) is 2.76. The number of aryl methyl sites for hydroxylation is 1. The van der Waals surface area contributed by atoms with Gasteiger partial charge in [-0.25, -0.2) is 8.42 Å². The normalized spacial score (nSPS) is 17.7. The predicted octanol–water partition coefficient (Wildman–Crippen LogP) is 2.44. The van der Waals surface area contributed by atoms with Gasteiger partial charge in [-0.3, -0.25) is 9.59 Å². The number of primary amides is 1. The van der Waals surface area contributed by atoms with E-state index in [1.54, 1.807) is 12.1 Å². The minimum atomic E-state index is -3.86. The van der Waals surface area contributed by atoms with Crippen molar-refractivity contribution in [2.45, 2.75) is 17.9 Å². The Kier molecular flexibility index (Phi) is 6.87. The first-order valence-electron chi connectivity index (χ1n) is 8.76. The number of hydrogen-bond donors (Lipinski definition) is 2. The van der Waals surface area contributed by atoms with Gasteiger partial charge in [-0.1, -0.05) is 6.07 Å². The summed E-state index contributed by atoms with van der Waals surface area (Å²) in [5.41, 5.74) is 7.46. The molecule has 7 nitrogen and oxygen atoms in total. The van der Waals surface area contributed by atoms with Crippen molar-refractivity contribution in [3.8, 4) is 0 Å². The van der Waals surface area contributed by atoms with E-state index in [2.05, 4.69) is 27.9 Å². The highest BCUT2D eigenvalue weighted by Gasteiger charge is 2.36. The van der Waals surface area contributed by atoms with Gasteiger partial charge in [-0.15, -0.1) is 0 Å². The zero-order valence-electron chi connectivity index (χ0n) is 15.6. The maximum Gasteiger partial charge on any atom is 0.255 e. The van der Waals surface area contributed by atoms with Crippen LogP contribution in [0.3, 0.4) is 0 Å². The van der Waals surface area contributed by atoms with Crippen LogP contribution in [0.25, 0.3) is 0 Å². The van der Waals surface area contributed by atoms with Crippen LogP contribution >= 0.6 is 34.4 Å². The highest BCUT2D eigenvalue weighted by molar-refractivity contribution is 14.1. The number of anilines is 1. The van der Waals surface area contributed by atoms with Crippen LogP contribution in [0, 0.1) is 10.5 Å². The first kappa shape index (κ1) is 22.1. The van der Waals surface area contributed by atoms with E-state index in [9.17, 15) is 18.0 Å². The first-order valence-corrected chi connectivity index (χ1v) is 12.4. The molecule has 0 spiro atoms. The average Bonchev–Trinajstić information content (AvgIpc) is 2.70. The fourth-order valence-electron chi connectivity index (χ4n) is 2.88. The zero-order chi connectivity index (χ0) is 21.2. The molecule has 0 saturated carbocycles. The number of sulfonamides is 1. The number of hydrogen-bond acceptors (Lipinski definition) is 5. The average molecular weight is 545 g/mol. The lowest BCUT2D eigenvalue weighted by atomic mass is 10.1. The highest BCUT2D eigenvalue weighted by Crippen LogP contribution is 2.25. The SMILES string of the molecule is Cc1ccc(C(=O)Nc2ccc(S(=O)(=O)N3CCSC[C@H]3C(N)=O)cc2)cc1I. The number of carbonyl (C=O) groups excluding carboxylic acids is 2. The molecule has 1 saturated heterocycles. The van der Waals surface area contributed by atoms with Crippen molar-refractivity contribution < 1.29 is 18.0 Å². The quantitative estimate of drug-likeness (QED) is 0.562. The Bertz CT molecular complexity index is 1040. The molecule has 154 valence electrons. The van der Waals surface area contributed by atoms with Gasteiger partial charge in [0.05, 0.1) is 4.90 Å². The molecule has 29 heavy (non-hydrogen) atoms. The number of benzene rings is 2. The number of halogens is 1. The number of amides is 2. The molecule has 1 fully saturated rings. The van der Waals surface area contributed by atoms with E-state index in [4.69, 9.17) is 5.73 Å².